The molecule has 0 aliphatic carbocycles. The standard InChI is InChI=1S/C17H22N4O2S/c1-3-14-19-17(23-20-14)13-4-5-15(18-10-13)24-11-16(22)21-8-6-12(2)7-9-21/h4-5,10,12H,3,6-9,11H2,1-2H3. The summed E-state index contributed by atoms with van der Waals surface area (Å²) < 4.78 is 5.20. The number of likely N-dealkylation sites (tertiary alicyclic amines) is 1. The van der Waals surface area contributed by atoms with Crippen LogP contribution in [-0.2, 0) is 11.2 Å². The number of carbonyl (C=O) groups is 1. The molecule has 0 saturated carbocycles. The molecule has 1 fully saturated rings. The molecule has 6 nitrogen and oxygen atoms in total. The Morgan fingerprint density at radius 2 is 2.17 bits per heavy atom. The first-order valence-electron chi connectivity index (χ1n) is 8.35. The van der Waals surface area contributed by atoms with Crippen LogP contribution in [0, 0.1) is 5.92 Å². The van der Waals surface area contributed by atoms with E-state index in [4.69, 9.17) is 4.52 Å². The summed E-state index contributed by atoms with van der Waals surface area (Å²) in [4.78, 5) is 22.9. The number of carbonyl (C=O) groups excluding carboxylic acids is 1. The molecule has 3 rings (SSSR count). The van der Waals surface area contributed by atoms with E-state index in [1.165, 1.54) is 11.8 Å². The number of thioether (sulfide) groups is 1. The molecule has 0 atom stereocenters. The maximum atomic E-state index is 12.2. The quantitative estimate of drug-likeness (QED) is 0.775. The summed E-state index contributed by atoms with van der Waals surface area (Å²) in [6, 6.07) is 3.79. The maximum Gasteiger partial charge on any atom is 0.259 e. The van der Waals surface area contributed by atoms with Crippen LogP contribution in [0.5, 0.6) is 0 Å². The lowest BCUT2D eigenvalue weighted by Crippen LogP contribution is -2.38. The smallest absolute Gasteiger partial charge is 0.259 e. The van der Waals surface area contributed by atoms with Gasteiger partial charge in [0.05, 0.1) is 16.3 Å². The van der Waals surface area contributed by atoms with Crippen molar-refractivity contribution in [2.45, 2.75) is 38.1 Å². The van der Waals surface area contributed by atoms with Gasteiger partial charge in [0.15, 0.2) is 5.82 Å². The van der Waals surface area contributed by atoms with E-state index in [1.807, 2.05) is 24.0 Å². The predicted octanol–water partition coefficient (Wildman–Crippen LogP) is 3.04. The van der Waals surface area contributed by atoms with E-state index in [2.05, 4.69) is 22.0 Å². The molecule has 7 heteroatoms. The van der Waals surface area contributed by atoms with Gasteiger partial charge in [-0.25, -0.2) is 4.98 Å². The van der Waals surface area contributed by atoms with Gasteiger partial charge in [0.1, 0.15) is 0 Å². The number of rotatable bonds is 5. The fraction of sp³-hybridized carbons (Fsp3) is 0.529. The van der Waals surface area contributed by atoms with Gasteiger partial charge in [-0.1, -0.05) is 30.8 Å². The Bertz CT molecular complexity index is 678. The molecule has 0 unspecified atom stereocenters. The van der Waals surface area contributed by atoms with Crippen molar-refractivity contribution in [1.29, 1.82) is 0 Å². The van der Waals surface area contributed by atoms with Crippen molar-refractivity contribution in [3.05, 3.63) is 24.2 Å². The molecule has 3 heterocycles. The van der Waals surface area contributed by atoms with Gasteiger partial charge >= 0.3 is 0 Å². The molecule has 0 radical (unpaired) electrons. The third-order valence-electron chi connectivity index (χ3n) is 4.25. The van der Waals surface area contributed by atoms with Gasteiger partial charge in [0, 0.05) is 25.7 Å². The number of aromatic nitrogens is 3. The lowest BCUT2D eigenvalue weighted by molar-refractivity contribution is -0.129. The first kappa shape index (κ1) is 17.0. The summed E-state index contributed by atoms with van der Waals surface area (Å²) in [5.74, 6) is 2.52. The number of aryl methyl sites for hydroxylation is 1. The van der Waals surface area contributed by atoms with Crippen LogP contribution in [-0.4, -0.2) is 44.8 Å². The average molecular weight is 346 g/mol. The van der Waals surface area contributed by atoms with Gasteiger partial charge < -0.3 is 9.42 Å². The molecular formula is C17H22N4O2S. The first-order valence-corrected chi connectivity index (χ1v) is 9.34. The van der Waals surface area contributed by atoms with Crippen molar-refractivity contribution >= 4 is 17.7 Å². The zero-order valence-electron chi connectivity index (χ0n) is 14.1. The zero-order valence-corrected chi connectivity index (χ0v) is 14.9. The minimum atomic E-state index is 0.197. The second kappa shape index (κ2) is 7.79. The van der Waals surface area contributed by atoms with Crippen LogP contribution in [0.15, 0.2) is 27.9 Å². The Morgan fingerprint density at radius 1 is 1.38 bits per heavy atom. The van der Waals surface area contributed by atoms with Gasteiger partial charge in [-0.15, -0.1) is 0 Å². The van der Waals surface area contributed by atoms with Crippen molar-refractivity contribution in [3.63, 3.8) is 0 Å². The number of hydrogen-bond donors (Lipinski definition) is 0. The molecule has 1 saturated heterocycles. The third-order valence-corrected chi connectivity index (χ3v) is 5.18. The summed E-state index contributed by atoms with van der Waals surface area (Å²) in [6.07, 6.45) is 4.66. The van der Waals surface area contributed by atoms with Crippen molar-refractivity contribution in [2.75, 3.05) is 18.8 Å². The zero-order chi connectivity index (χ0) is 16.9. The molecule has 1 amide bonds. The van der Waals surface area contributed by atoms with Gasteiger partial charge in [-0.05, 0) is 30.9 Å². The third kappa shape index (κ3) is 4.14. The molecule has 2 aromatic heterocycles. The van der Waals surface area contributed by atoms with Crippen LogP contribution in [0.1, 0.15) is 32.5 Å². The van der Waals surface area contributed by atoms with Crippen LogP contribution in [0.2, 0.25) is 0 Å². The Hall–Kier alpha value is -1.89. The van der Waals surface area contributed by atoms with Crippen molar-refractivity contribution in [3.8, 4) is 11.5 Å². The molecule has 0 bridgehead atoms. The van der Waals surface area contributed by atoms with Gasteiger partial charge in [-0.2, -0.15) is 4.98 Å². The van der Waals surface area contributed by atoms with Gasteiger partial charge in [0.2, 0.25) is 5.91 Å². The highest BCUT2D eigenvalue weighted by Gasteiger charge is 2.20. The van der Waals surface area contributed by atoms with Crippen molar-refractivity contribution in [1.82, 2.24) is 20.0 Å². The van der Waals surface area contributed by atoms with E-state index in [1.54, 1.807) is 6.20 Å². The molecule has 128 valence electrons. The Labute approximate surface area is 146 Å². The number of hydrogen-bond acceptors (Lipinski definition) is 6. The highest BCUT2D eigenvalue weighted by Crippen LogP contribution is 2.22. The number of amides is 1. The van der Waals surface area contributed by atoms with Crippen molar-refractivity contribution < 1.29 is 9.32 Å². The minimum absolute atomic E-state index is 0.197. The number of pyridine rings is 1. The molecular weight excluding hydrogens is 324 g/mol. The summed E-state index contributed by atoms with van der Waals surface area (Å²) in [6.45, 7) is 5.98. The van der Waals surface area contributed by atoms with Crippen molar-refractivity contribution in [2.24, 2.45) is 5.92 Å². The Kier molecular flexibility index (Phi) is 5.50. The minimum Gasteiger partial charge on any atom is -0.342 e. The van der Waals surface area contributed by atoms with E-state index in [9.17, 15) is 4.79 Å². The molecule has 2 aromatic rings. The van der Waals surface area contributed by atoms with E-state index >= 15 is 0 Å². The highest BCUT2D eigenvalue weighted by molar-refractivity contribution is 7.99. The Balaban J connectivity index is 1.53. The van der Waals surface area contributed by atoms with Gasteiger partial charge in [-0.3, -0.25) is 4.79 Å². The topological polar surface area (TPSA) is 72.1 Å². The average Bonchev–Trinajstić information content (AvgIpc) is 3.10. The second-order valence-electron chi connectivity index (χ2n) is 6.11. The first-order chi connectivity index (χ1) is 11.7. The predicted molar refractivity (Wildman–Crippen MR) is 92.6 cm³/mol. The SMILES string of the molecule is CCc1noc(-c2ccc(SCC(=O)N3CCC(C)CC3)nc2)n1. The fourth-order valence-electron chi connectivity index (χ4n) is 2.59. The summed E-state index contributed by atoms with van der Waals surface area (Å²) in [5.41, 5.74) is 0.794. The summed E-state index contributed by atoms with van der Waals surface area (Å²) in [7, 11) is 0. The van der Waals surface area contributed by atoms with Gasteiger partial charge in [0.25, 0.3) is 5.89 Å². The highest BCUT2D eigenvalue weighted by atomic mass is 32.2. The van der Waals surface area contributed by atoms with E-state index in [-0.39, 0.29) is 5.91 Å². The lowest BCUT2D eigenvalue weighted by atomic mass is 9.99. The maximum absolute atomic E-state index is 12.2. The molecule has 0 aromatic carbocycles. The van der Waals surface area contributed by atoms with Crippen LogP contribution >= 0.6 is 11.8 Å². The fourth-order valence-corrected chi connectivity index (χ4v) is 3.34. The van der Waals surface area contributed by atoms with E-state index < -0.39 is 0 Å². The molecule has 0 spiro atoms. The monoisotopic (exact) mass is 346 g/mol. The van der Waals surface area contributed by atoms with Crippen LogP contribution < -0.4 is 0 Å². The lowest BCUT2D eigenvalue weighted by Gasteiger charge is -2.30. The molecule has 24 heavy (non-hydrogen) atoms. The largest absolute Gasteiger partial charge is 0.342 e. The van der Waals surface area contributed by atoms with Crippen LogP contribution in [0.4, 0.5) is 0 Å². The number of piperidine rings is 1. The molecule has 1 aliphatic rings. The number of nitrogens with zero attached hydrogens (tertiary/aromatic N) is 4. The van der Waals surface area contributed by atoms with E-state index in [0.717, 1.165) is 48.9 Å². The molecule has 0 N–H and O–H groups in total. The summed E-state index contributed by atoms with van der Waals surface area (Å²) >= 11 is 1.47. The summed E-state index contributed by atoms with van der Waals surface area (Å²) in [5, 5.41) is 4.71. The van der Waals surface area contributed by atoms with Crippen LogP contribution in [0.3, 0.4) is 0 Å². The van der Waals surface area contributed by atoms with Crippen LogP contribution in [0.25, 0.3) is 11.5 Å². The molecule has 1 aliphatic heterocycles. The normalized spacial score (nSPS) is 15.7. The van der Waals surface area contributed by atoms with E-state index in [0.29, 0.717) is 17.5 Å². The second-order valence-corrected chi connectivity index (χ2v) is 7.10. The Morgan fingerprint density at radius 3 is 2.79 bits per heavy atom.